The largest absolute Gasteiger partial charge is 0.355 e. The first kappa shape index (κ1) is 19.2. The molecule has 2 aliphatic rings. The first-order chi connectivity index (χ1) is 11.1. The van der Waals surface area contributed by atoms with E-state index in [1.165, 1.54) is 0 Å². The molecule has 6 nitrogen and oxygen atoms in total. The second-order valence-corrected chi connectivity index (χ2v) is 10.4. The predicted molar refractivity (Wildman–Crippen MR) is 102 cm³/mol. The highest BCUT2D eigenvalue weighted by Gasteiger charge is 2.25. The Morgan fingerprint density at radius 1 is 1.26 bits per heavy atom. The lowest BCUT2D eigenvalue weighted by Gasteiger charge is -2.34. The number of hydrogen-bond donors (Lipinski definition) is 1. The number of aliphatic imine (C=N–C) groups is 1. The molecule has 0 amide bonds. The minimum atomic E-state index is -3.15. The van der Waals surface area contributed by atoms with Gasteiger partial charge in [0.15, 0.2) is 5.96 Å². The Morgan fingerprint density at radius 3 is 2.65 bits per heavy atom. The maximum Gasteiger partial charge on any atom is 0.215 e. The van der Waals surface area contributed by atoms with E-state index in [2.05, 4.69) is 22.1 Å². The van der Waals surface area contributed by atoms with Crippen LogP contribution >= 0.6 is 23.5 Å². The van der Waals surface area contributed by atoms with Crippen molar-refractivity contribution in [3.63, 3.8) is 0 Å². The van der Waals surface area contributed by atoms with Crippen molar-refractivity contribution in [1.29, 1.82) is 0 Å². The van der Waals surface area contributed by atoms with E-state index in [-0.39, 0.29) is 5.75 Å². The molecule has 2 aliphatic heterocycles. The maximum absolute atomic E-state index is 12.3. The SMILES string of the molecule is CCC1CN(C(=NC)NCCS(=O)(=O)N2CCSCC2)CCS1. The molecule has 0 aromatic rings. The molecule has 0 aromatic carbocycles. The maximum atomic E-state index is 12.3. The topological polar surface area (TPSA) is 65.0 Å². The minimum absolute atomic E-state index is 0.135. The number of hydrogen-bond acceptors (Lipinski definition) is 5. The number of sulfonamides is 1. The first-order valence-corrected chi connectivity index (χ1v) is 12.0. The monoisotopic (exact) mass is 380 g/mol. The molecule has 0 aliphatic carbocycles. The number of nitrogens with zero attached hydrogens (tertiary/aromatic N) is 3. The summed E-state index contributed by atoms with van der Waals surface area (Å²) in [6.07, 6.45) is 1.15. The van der Waals surface area contributed by atoms with Gasteiger partial charge in [-0.05, 0) is 6.42 Å². The Morgan fingerprint density at radius 2 is 2.00 bits per heavy atom. The average molecular weight is 381 g/mol. The molecule has 1 unspecified atom stereocenters. The number of nitrogens with one attached hydrogen (secondary N) is 1. The molecule has 23 heavy (non-hydrogen) atoms. The van der Waals surface area contributed by atoms with Gasteiger partial charge in [-0.25, -0.2) is 12.7 Å². The second kappa shape index (κ2) is 9.39. The second-order valence-electron chi connectivity index (χ2n) is 5.65. The third kappa shape index (κ3) is 5.72. The Labute approximate surface area is 148 Å². The Kier molecular flexibility index (Phi) is 7.84. The highest BCUT2D eigenvalue weighted by atomic mass is 32.2. The van der Waals surface area contributed by atoms with Crippen LogP contribution in [-0.4, -0.2) is 91.6 Å². The van der Waals surface area contributed by atoms with Gasteiger partial charge in [-0.3, -0.25) is 4.99 Å². The molecule has 2 fully saturated rings. The van der Waals surface area contributed by atoms with Crippen LogP contribution in [0.2, 0.25) is 0 Å². The molecule has 2 heterocycles. The first-order valence-electron chi connectivity index (χ1n) is 8.19. The summed E-state index contributed by atoms with van der Waals surface area (Å²) in [5.41, 5.74) is 0. The van der Waals surface area contributed by atoms with Crippen LogP contribution in [0.25, 0.3) is 0 Å². The molecular formula is C14H28N4O2S3. The molecule has 0 spiro atoms. The summed E-state index contributed by atoms with van der Waals surface area (Å²) < 4.78 is 26.3. The van der Waals surface area contributed by atoms with Crippen molar-refractivity contribution in [2.45, 2.75) is 18.6 Å². The van der Waals surface area contributed by atoms with Crippen LogP contribution in [0.1, 0.15) is 13.3 Å². The highest BCUT2D eigenvalue weighted by Crippen LogP contribution is 2.21. The normalized spacial score (nSPS) is 24.7. The molecule has 0 bridgehead atoms. The lowest BCUT2D eigenvalue weighted by atomic mass is 10.3. The van der Waals surface area contributed by atoms with Gasteiger partial charge in [-0.1, -0.05) is 6.92 Å². The minimum Gasteiger partial charge on any atom is -0.355 e. The lowest BCUT2D eigenvalue weighted by molar-refractivity contribution is 0.408. The van der Waals surface area contributed by atoms with Crippen molar-refractivity contribution in [3.05, 3.63) is 0 Å². The summed E-state index contributed by atoms with van der Waals surface area (Å²) in [6, 6.07) is 0. The lowest BCUT2D eigenvalue weighted by Crippen LogP contribution is -2.49. The van der Waals surface area contributed by atoms with E-state index in [1.807, 2.05) is 23.5 Å². The van der Waals surface area contributed by atoms with Crippen LogP contribution in [0.4, 0.5) is 0 Å². The molecule has 2 saturated heterocycles. The van der Waals surface area contributed by atoms with Crippen molar-refractivity contribution in [2.24, 2.45) is 4.99 Å². The van der Waals surface area contributed by atoms with Gasteiger partial charge in [0.05, 0.1) is 5.75 Å². The van der Waals surface area contributed by atoms with Gasteiger partial charge in [0.2, 0.25) is 10.0 Å². The van der Waals surface area contributed by atoms with E-state index < -0.39 is 10.0 Å². The van der Waals surface area contributed by atoms with Crippen molar-refractivity contribution < 1.29 is 8.42 Å². The quantitative estimate of drug-likeness (QED) is 0.561. The van der Waals surface area contributed by atoms with Crippen LogP contribution < -0.4 is 5.32 Å². The van der Waals surface area contributed by atoms with E-state index in [0.717, 1.165) is 42.7 Å². The Balaban J connectivity index is 1.81. The van der Waals surface area contributed by atoms with Crippen molar-refractivity contribution in [3.8, 4) is 0 Å². The summed E-state index contributed by atoms with van der Waals surface area (Å²) in [5.74, 6) is 3.86. The fraction of sp³-hybridized carbons (Fsp3) is 0.929. The van der Waals surface area contributed by atoms with Gasteiger partial charge >= 0.3 is 0 Å². The predicted octanol–water partition coefficient (Wildman–Crippen LogP) is 0.768. The van der Waals surface area contributed by atoms with E-state index in [0.29, 0.717) is 24.9 Å². The van der Waals surface area contributed by atoms with Gasteiger partial charge in [0.25, 0.3) is 0 Å². The van der Waals surface area contributed by atoms with E-state index in [9.17, 15) is 8.42 Å². The zero-order valence-corrected chi connectivity index (χ0v) is 16.5. The van der Waals surface area contributed by atoms with Gasteiger partial charge in [-0.15, -0.1) is 0 Å². The molecular weight excluding hydrogens is 352 g/mol. The molecule has 0 saturated carbocycles. The number of rotatable bonds is 5. The average Bonchev–Trinajstić information content (AvgIpc) is 2.59. The Bertz CT molecular complexity index is 492. The molecule has 134 valence electrons. The van der Waals surface area contributed by atoms with E-state index >= 15 is 0 Å². The molecule has 0 aromatic heterocycles. The zero-order chi connectivity index (χ0) is 16.7. The zero-order valence-electron chi connectivity index (χ0n) is 14.0. The fourth-order valence-electron chi connectivity index (χ4n) is 2.74. The summed E-state index contributed by atoms with van der Waals surface area (Å²) >= 11 is 3.83. The number of guanidine groups is 1. The van der Waals surface area contributed by atoms with Crippen molar-refractivity contribution in [2.75, 3.05) is 62.8 Å². The van der Waals surface area contributed by atoms with Gasteiger partial charge in [-0.2, -0.15) is 23.5 Å². The molecule has 0 radical (unpaired) electrons. The van der Waals surface area contributed by atoms with Crippen LogP contribution in [-0.2, 0) is 10.0 Å². The van der Waals surface area contributed by atoms with Crippen LogP contribution in [0.5, 0.6) is 0 Å². The summed E-state index contributed by atoms with van der Waals surface area (Å²) in [4.78, 5) is 6.57. The summed E-state index contributed by atoms with van der Waals surface area (Å²) in [5, 5.41) is 3.87. The third-order valence-corrected chi connectivity index (χ3v) is 8.30. The smallest absolute Gasteiger partial charge is 0.215 e. The molecule has 1 atom stereocenters. The van der Waals surface area contributed by atoms with Crippen molar-refractivity contribution >= 4 is 39.5 Å². The number of thioether (sulfide) groups is 2. The van der Waals surface area contributed by atoms with Crippen molar-refractivity contribution in [1.82, 2.24) is 14.5 Å². The van der Waals surface area contributed by atoms with E-state index in [1.54, 1.807) is 11.4 Å². The van der Waals surface area contributed by atoms with Gasteiger partial charge in [0, 0.05) is 62.3 Å². The molecule has 2 rings (SSSR count). The van der Waals surface area contributed by atoms with Gasteiger partial charge < -0.3 is 10.2 Å². The van der Waals surface area contributed by atoms with E-state index in [4.69, 9.17) is 0 Å². The fourth-order valence-corrected chi connectivity index (χ4v) is 6.41. The molecule has 1 N–H and O–H groups in total. The van der Waals surface area contributed by atoms with Crippen LogP contribution in [0, 0.1) is 0 Å². The third-order valence-electron chi connectivity index (χ3n) is 4.11. The van der Waals surface area contributed by atoms with Gasteiger partial charge in [0.1, 0.15) is 0 Å². The summed E-state index contributed by atoms with van der Waals surface area (Å²) in [6.45, 7) is 5.86. The standard InChI is InChI=1S/C14H28N4O2S3/c1-3-13-12-17(5-10-22-13)14(15-2)16-4-11-23(19,20)18-6-8-21-9-7-18/h13H,3-12H2,1-2H3,(H,15,16). The van der Waals surface area contributed by atoms with Crippen LogP contribution in [0.3, 0.4) is 0 Å². The van der Waals surface area contributed by atoms with Crippen LogP contribution in [0.15, 0.2) is 4.99 Å². The highest BCUT2D eigenvalue weighted by molar-refractivity contribution is 8.00. The molecule has 9 heteroatoms. The summed E-state index contributed by atoms with van der Waals surface area (Å²) in [7, 11) is -1.39. The Hall–Kier alpha value is -0.120.